The molecule has 9 nitrogen and oxygen atoms in total. The highest BCUT2D eigenvalue weighted by atomic mass is 32.1. The Bertz CT molecular complexity index is 962. The summed E-state index contributed by atoms with van der Waals surface area (Å²) >= 11 is 1.61. The van der Waals surface area contributed by atoms with Crippen LogP contribution >= 0.6 is 11.3 Å². The first kappa shape index (κ1) is 22.6. The zero-order chi connectivity index (χ0) is 22.2. The molecule has 3 aromatic heterocycles. The van der Waals surface area contributed by atoms with Crippen molar-refractivity contribution in [2.75, 3.05) is 32.7 Å². The molecule has 1 aliphatic rings. The zero-order valence-electron chi connectivity index (χ0n) is 18.5. The fourth-order valence-corrected chi connectivity index (χ4v) is 4.45. The molecule has 0 aliphatic carbocycles. The van der Waals surface area contributed by atoms with E-state index in [9.17, 15) is 4.79 Å². The molecule has 1 fully saturated rings. The van der Waals surface area contributed by atoms with Crippen LogP contribution in [0.25, 0.3) is 10.7 Å². The van der Waals surface area contributed by atoms with E-state index < -0.39 is 0 Å². The van der Waals surface area contributed by atoms with Crippen molar-refractivity contribution in [3.8, 4) is 10.7 Å². The molecular formula is C22H30N6O3S. The molecular weight excluding hydrogens is 428 g/mol. The Morgan fingerprint density at radius 2 is 1.81 bits per heavy atom. The van der Waals surface area contributed by atoms with E-state index in [-0.39, 0.29) is 5.91 Å². The molecule has 3 aromatic rings. The van der Waals surface area contributed by atoms with Gasteiger partial charge in [0.1, 0.15) is 0 Å². The monoisotopic (exact) mass is 458 g/mol. The zero-order valence-corrected chi connectivity index (χ0v) is 19.4. The highest BCUT2D eigenvalue weighted by Gasteiger charge is 2.21. The van der Waals surface area contributed by atoms with Gasteiger partial charge in [-0.05, 0) is 37.3 Å². The van der Waals surface area contributed by atoms with Crippen LogP contribution in [0.1, 0.15) is 50.2 Å². The van der Waals surface area contributed by atoms with Gasteiger partial charge in [0, 0.05) is 51.9 Å². The summed E-state index contributed by atoms with van der Waals surface area (Å²) in [5.74, 6) is 2.96. The summed E-state index contributed by atoms with van der Waals surface area (Å²) in [6.07, 6.45) is 5.48. The maximum absolute atomic E-state index is 12.5. The number of aromatic nitrogens is 4. The number of rotatable bonds is 11. The summed E-state index contributed by atoms with van der Waals surface area (Å²) in [5.41, 5.74) is 0. The average molecular weight is 459 g/mol. The second-order valence-electron chi connectivity index (χ2n) is 8.02. The highest BCUT2D eigenvalue weighted by Crippen LogP contribution is 2.21. The van der Waals surface area contributed by atoms with Gasteiger partial charge in [0.05, 0.1) is 4.88 Å². The first-order valence-corrected chi connectivity index (χ1v) is 12.3. The van der Waals surface area contributed by atoms with Gasteiger partial charge in [-0.2, -0.15) is 9.97 Å². The highest BCUT2D eigenvalue weighted by molar-refractivity contribution is 7.13. The molecule has 10 heteroatoms. The number of piperazine rings is 1. The largest absolute Gasteiger partial charge is 0.340 e. The van der Waals surface area contributed by atoms with Crippen LogP contribution in [0.3, 0.4) is 0 Å². The lowest BCUT2D eigenvalue weighted by atomic mass is 10.2. The molecule has 4 heterocycles. The van der Waals surface area contributed by atoms with Gasteiger partial charge < -0.3 is 13.9 Å². The van der Waals surface area contributed by atoms with Gasteiger partial charge in [0.25, 0.3) is 0 Å². The van der Waals surface area contributed by atoms with E-state index in [1.807, 2.05) is 22.4 Å². The Hall–Kier alpha value is -2.59. The van der Waals surface area contributed by atoms with Crippen LogP contribution in [0.2, 0.25) is 0 Å². The van der Waals surface area contributed by atoms with Crippen LogP contribution in [0, 0.1) is 0 Å². The molecule has 4 rings (SSSR count). The Morgan fingerprint density at radius 1 is 1.03 bits per heavy atom. The van der Waals surface area contributed by atoms with Gasteiger partial charge in [-0.3, -0.25) is 9.69 Å². The van der Waals surface area contributed by atoms with Crippen molar-refractivity contribution in [2.24, 2.45) is 0 Å². The summed E-state index contributed by atoms with van der Waals surface area (Å²) in [4.78, 5) is 26.7. The minimum Gasteiger partial charge on any atom is -0.340 e. The minimum absolute atomic E-state index is 0.213. The van der Waals surface area contributed by atoms with Crippen LogP contribution in [-0.2, 0) is 24.1 Å². The lowest BCUT2D eigenvalue weighted by Gasteiger charge is -2.34. The SMILES string of the molecule is CCCc1noc(CCCC(=O)N2CCN(CCCc3nc(-c4cccs4)no3)CC2)n1. The Kier molecular flexibility index (Phi) is 8.00. The lowest BCUT2D eigenvalue weighted by Crippen LogP contribution is -2.48. The van der Waals surface area contributed by atoms with Crippen molar-refractivity contribution in [3.05, 3.63) is 35.1 Å². The number of carbonyl (C=O) groups excluding carboxylic acids is 1. The van der Waals surface area contributed by atoms with Crippen LogP contribution in [0.5, 0.6) is 0 Å². The Morgan fingerprint density at radius 3 is 2.59 bits per heavy atom. The molecule has 0 N–H and O–H groups in total. The molecule has 172 valence electrons. The second-order valence-corrected chi connectivity index (χ2v) is 8.97. The normalized spacial score (nSPS) is 14.8. The van der Waals surface area contributed by atoms with Crippen LogP contribution in [0.15, 0.2) is 26.6 Å². The average Bonchev–Trinajstić information content (AvgIpc) is 3.57. The molecule has 0 aromatic carbocycles. The molecule has 1 amide bonds. The number of hydrogen-bond donors (Lipinski definition) is 0. The third-order valence-electron chi connectivity index (χ3n) is 5.56. The van der Waals surface area contributed by atoms with Gasteiger partial charge >= 0.3 is 0 Å². The molecule has 1 aliphatic heterocycles. The van der Waals surface area contributed by atoms with Crippen molar-refractivity contribution >= 4 is 17.2 Å². The van der Waals surface area contributed by atoms with Crippen molar-refractivity contribution in [1.82, 2.24) is 30.1 Å². The Balaban J connectivity index is 1.10. The molecule has 0 unspecified atom stereocenters. The summed E-state index contributed by atoms with van der Waals surface area (Å²) < 4.78 is 10.6. The first-order chi connectivity index (χ1) is 15.7. The summed E-state index contributed by atoms with van der Waals surface area (Å²) in [6.45, 7) is 6.42. The number of hydrogen-bond acceptors (Lipinski definition) is 9. The van der Waals surface area contributed by atoms with Gasteiger partial charge in [0.2, 0.25) is 23.5 Å². The molecule has 0 spiro atoms. The van der Waals surface area contributed by atoms with Crippen LogP contribution in [-0.4, -0.2) is 68.7 Å². The van der Waals surface area contributed by atoms with Crippen LogP contribution in [0.4, 0.5) is 0 Å². The number of carbonyl (C=O) groups is 1. The van der Waals surface area contributed by atoms with E-state index in [0.717, 1.165) is 75.5 Å². The molecule has 1 saturated heterocycles. The topological polar surface area (TPSA) is 101 Å². The van der Waals surface area contributed by atoms with E-state index in [2.05, 4.69) is 32.1 Å². The number of nitrogens with zero attached hydrogens (tertiary/aromatic N) is 6. The third-order valence-corrected chi connectivity index (χ3v) is 6.43. The predicted molar refractivity (Wildman–Crippen MR) is 120 cm³/mol. The fraction of sp³-hybridized carbons (Fsp3) is 0.591. The lowest BCUT2D eigenvalue weighted by molar-refractivity contribution is -0.133. The van der Waals surface area contributed by atoms with Crippen LogP contribution < -0.4 is 0 Å². The molecule has 32 heavy (non-hydrogen) atoms. The molecule has 0 saturated carbocycles. The van der Waals surface area contributed by atoms with E-state index in [0.29, 0.717) is 30.4 Å². The van der Waals surface area contributed by atoms with Gasteiger partial charge in [-0.1, -0.05) is 23.3 Å². The van der Waals surface area contributed by atoms with Crippen molar-refractivity contribution in [3.63, 3.8) is 0 Å². The van der Waals surface area contributed by atoms with E-state index in [1.54, 1.807) is 11.3 Å². The molecule has 0 radical (unpaired) electrons. The summed E-state index contributed by atoms with van der Waals surface area (Å²) in [6, 6.07) is 3.98. The smallest absolute Gasteiger partial charge is 0.227 e. The second kappa shape index (κ2) is 11.3. The minimum atomic E-state index is 0.213. The first-order valence-electron chi connectivity index (χ1n) is 11.4. The van der Waals surface area contributed by atoms with E-state index in [4.69, 9.17) is 9.05 Å². The van der Waals surface area contributed by atoms with Crippen molar-refractivity contribution < 1.29 is 13.8 Å². The molecule has 0 atom stereocenters. The van der Waals surface area contributed by atoms with Gasteiger partial charge in [-0.25, -0.2) is 0 Å². The van der Waals surface area contributed by atoms with E-state index >= 15 is 0 Å². The third kappa shape index (κ3) is 6.23. The Labute approximate surface area is 191 Å². The van der Waals surface area contributed by atoms with Crippen molar-refractivity contribution in [2.45, 2.75) is 51.9 Å². The summed E-state index contributed by atoms with van der Waals surface area (Å²) in [5, 5.41) is 10.0. The quantitative estimate of drug-likeness (QED) is 0.432. The number of thiophene rings is 1. The van der Waals surface area contributed by atoms with Crippen molar-refractivity contribution in [1.29, 1.82) is 0 Å². The predicted octanol–water partition coefficient (Wildman–Crippen LogP) is 3.23. The van der Waals surface area contributed by atoms with Gasteiger partial charge in [-0.15, -0.1) is 11.3 Å². The maximum Gasteiger partial charge on any atom is 0.227 e. The fourth-order valence-electron chi connectivity index (χ4n) is 3.80. The summed E-state index contributed by atoms with van der Waals surface area (Å²) in [7, 11) is 0. The molecule has 0 bridgehead atoms. The number of amides is 1. The standard InChI is InChI=1S/C22H30N6O3S/c1-2-6-18-23-19(30-25-18)8-3-10-21(29)28-14-12-27(13-15-28)11-4-9-20-24-22(26-31-20)17-7-5-16-32-17/h5,7,16H,2-4,6,8-15H2,1H3. The maximum atomic E-state index is 12.5. The van der Waals surface area contributed by atoms with E-state index in [1.165, 1.54) is 0 Å². The number of aryl methyl sites for hydroxylation is 3. The van der Waals surface area contributed by atoms with Gasteiger partial charge in [0.15, 0.2) is 5.82 Å².